The average molecular weight is 370 g/mol. The van der Waals surface area contributed by atoms with Crippen LogP contribution in [-0.4, -0.2) is 54.1 Å². The molecule has 21 heavy (non-hydrogen) atoms. The molecule has 0 spiro atoms. The molecule has 0 amide bonds. The molecule has 0 saturated carbocycles. The number of hydrogen-bond acceptors (Lipinski definition) is 4. The number of ether oxygens (including phenoxy) is 1. The Kier molecular flexibility index (Phi) is 4.78. The fourth-order valence-electron chi connectivity index (χ4n) is 3.03. The number of nitrogens with two attached hydrogens (primary N) is 1. The Labute approximate surface area is 139 Å². The molecule has 0 aliphatic carbocycles. The van der Waals surface area contributed by atoms with Gasteiger partial charge in [0.2, 0.25) is 0 Å². The lowest BCUT2D eigenvalue weighted by atomic mass is 10.1. The largest absolute Gasteiger partial charge is 0.493 e. The SMILES string of the molecule is NC(=S)CN1CCN(Cc2cc(Br)cc3c2OCC3)CC1. The zero-order valence-corrected chi connectivity index (χ0v) is 14.4. The summed E-state index contributed by atoms with van der Waals surface area (Å²) in [6.07, 6.45) is 1.02. The van der Waals surface area contributed by atoms with Crippen LogP contribution in [0.25, 0.3) is 0 Å². The van der Waals surface area contributed by atoms with E-state index < -0.39 is 0 Å². The molecule has 0 unspecified atom stereocenters. The topological polar surface area (TPSA) is 41.7 Å². The van der Waals surface area contributed by atoms with Crippen LogP contribution < -0.4 is 10.5 Å². The van der Waals surface area contributed by atoms with Gasteiger partial charge < -0.3 is 10.5 Å². The molecule has 0 atom stereocenters. The van der Waals surface area contributed by atoms with Crippen molar-refractivity contribution in [3.05, 3.63) is 27.7 Å². The van der Waals surface area contributed by atoms with Crippen molar-refractivity contribution in [3.8, 4) is 5.75 Å². The van der Waals surface area contributed by atoms with E-state index in [9.17, 15) is 0 Å². The molecule has 0 radical (unpaired) electrons. The molecule has 1 fully saturated rings. The van der Waals surface area contributed by atoms with E-state index in [2.05, 4.69) is 37.9 Å². The van der Waals surface area contributed by atoms with Gasteiger partial charge in [-0.3, -0.25) is 9.80 Å². The Morgan fingerprint density at radius 2 is 1.95 bits per heavy atom. The highest BCUT2D eigenvalue weighted by atomic mass is 79.9. The van der Waals surface area contributed by atoms with Gasteiger partial charge in [0.05, 0.1) is 11.6 Å². The molecule has 1 aromatic rings. The zero-order valence-electron chi connectivity index (χ0n) is 12.0. The molecule has 0 aromatic heterocycles. The number of piperazine rings is 1. The van der Waals surface area contributed by atoms with Crippen molar-refractivity contribution in [2.45, 2.75) is 13.0 Å². The minimum absolute atomic E-state index is 0.585. The van der Waals surface area contributed by atoms with E-state index in [0.29, 0.717) is 4.99 Å². The molecule has 6 heteroatoms. The maximum atomic E-state index is 5.81. The van der Waals surface area contributed by atoms with Gasteiger partial charge in [-0.05, 0) is 17.7 Å². The van der Waals surface area contributed by atoms with E-state index in [1.807, 2.05) is 0 Å². The fourth-order valence-corrected chi connectivity index (χ4v) is 3.77. The Morgan fingerprint density at radius 1 is 1.24 bits per heavy atom. The summed E-state index contributed by atoms with van der Waals surface area (Å²) >= 11 is 8.59. The molecule has 114 valence electrons. The van der Waals surface area contributed by atoms with Gasteiger partial charge in [0.25, 0.3) is 0 Å². The van der Waals surface area contributed by atoms with E-state index in [0.717, 1.165) is 62.5 Å². The Balaban J connectivity index is 1.62. The molecule has 2 aliphatic rings. The van der Waals surface area contributed by atoms with Crippen LogP contribution in [0.5, 0.6) is 5.75 Å². The highest BCUT2D eigenvalue weighted by molar-refractivity contribution is 9.10. The van der Waals surface area contributed by atoms with Crippen molar-refractivity contribution in [1.29, 1.82) is 0 Å². The first-order valence-electron chi connectivity index (χ1n) is 7.29. The molecule has 2 N–H and O–H groups in total. The maximum absolute atomic E-state index is 5.81. The summed E-state index contributed by atoms with van der Waals surface area (Å²) < 4.78 is 6.96. The van der Waals surface area contributed by atoms with Crippen molar-refractivity contribution in [2.75, 3.05) is 39.3 Å². The molecule has 4 nitrogen and oxygen atoms in total. The molecule has 2 aliphatic heterocycles. The molecule has 0 bridgehead atoms. The second kappa shape index (κ2) is 6.60. The van der Waals surface area contributed by atoms with Crippen molar-refractivity contribution in [1.82, 2.24) is 9.80 Å². The first-order chi connectivity index (χ1) is 10.1. The summed E-state index contributed by atoms with van der Waals surface area (Å²) in [7, 11) is 0. The van der Waals surface area contributed by atoms with Crippen molar-refractivity contribution < 1.29 is 4.74 Å². The van der Waals surface area contributed by atoms with Crippen LogP contribution in [-0.2, 0) is 13.0 Å². The first kappa shape index (κ1) is 15.2. The normalized spacial score (nSPS) is 19.3. The first-order valence-corrected chi connectivity index (χ1v) is 8.49. The number of halogens is 1. The monoisotopic (exact) mass is 369 g/mol. The number of fused-ring (bicyclic) bond motifs is 1. The molecule has 1 aromatic carbocycles. The van der Waals surface area contributed by atoms with Gasteiger partial charge in [-0.2, -0.15) is 0 Å². The lowest BCUT2D eigenvalue weighted by Crippen LogP contribution is -2.48. The summed E-state index contributed by atoms with van der Waals surface area (Å²) in [5.74, 6) is 1.10. The maximum Gasteiger partial charge on any atom is 0.127 e. The zero-order chi connectivity index (χ0) is 14.8. The molecular formula is C15H20BrN3OS. The van der Waals surface area contributed by atoms with Crippen LogP contribution in [0.15, 0.2) is 16.6 Å². The summed E-state index contributed by atoms with van der Waals surface area (Å²) in [5.41, 5.74) is 8.23. The predicted octanol–water partition coefficient (Wildman–Crippen LogP) is 1.79. The smallest absolute Gasteiger partial charge is 0.127 e. The van der Waals surface area contributed by atoms with E-state index in [4.69, 9.17) is 22.7 Å². The summed E-state index contributed by atoms with van der Waals surface area (Å²) in [6, 6.07) is 4.36. The van der Waals surface area contributed by atoms with E-state index in [1.165, 1.54) is 11.1 Å². The molecule has 1 saturated heterocycles. The number of hydrogen-bond donors (Lipinski definition) is 1. The van der Waals surface area contributed by atoms with Gasteiger partial charge in [0, 0.05) is 55.7 Å². The van der Waals surface area contributed by atoms with Gasteiger partial charge in [-0.15, -0.1) is 0 Å². The fraction of sp³-hybridized carbons (Fsp3) is 0.533. The third-order valence-electron chi connectivity index (χ3n) is 4.06. The second-order valence-corrected chi connectivity index (χ2v) is 7.11. The summed E-state index contributed by atoms with van der Waals surface area (Å²) in [4.78, 5) is 5.38. The van der Waals surface area contributed by atoms with Crippen LogP contribution in [0, 0.1) is 0 Å². The highest BCUT2D eigenvalue weighted by Gasteiger charge is 2.22. The van der Waals surface area contributed by atoms with E-state index >= 15 is 0 Å². The van der Waals surface area contributed by atoms with Gasteiger partial charge >= 0.3 is 0 Å². The quantitative estimate of drug-likeness (QED) is 0.819. The lowest BCUT2D eigenvalue weighted by molar-refractivity contribution is 0.139. The predicted molar refractivity (Wildman–Crippen MR) is 91.8 cm³/mol. The summed E-state index contributed by atoms with van der Waals surface area (Å²) in [6.45, 7) is 6.62. The Hall–Kier alpha value is -0.690. The van der Waals surface area contributed by atoms with Gasteiger partial charge in [-0.1, -0.05) is 28.1 Å². The third-order valence-corrected chi connectivity index (χ3v) is 4.65. The van der Waals surface area contributed by atoms with Crippen LogP contribution in [0.4, 0.5) is 0 Å². The van der Waals surface area contributed by atoms with E-state index in [-0.39, 0.29) is 0 Å². The van der Waals surface area contributed by atoms with E-state index in [1.54, 1.807) is 0 Å². The minimum atomic E-state index is 0.585. The number of nitrogens with zero attached hydrogens (tertiary/aromatic N) is 2. The van der Waals surface area contributed by atoms with Gasteiger partial charge in [0.1, 0.15) is 5.75 Å². The number of thiocarbonyl (C=S) groups is 1. The number of rotatable bonds is 4. The Bertz CT molecular complexity index is 544. The van der Waals surface area contributed by atoms with Gasteiger partial charge in [0.15, 0.2) is 0 Å². The molecule has 3 rings (SSSR count). The van der Waals surface area contributed by atoms with Crippen LogP contribution >= 0.6 is 28.1 Å². The van der Waals surface area contributed by atoms with Crippen molar-refractivity contribution >= 4 is 33.1 Å². The molecule has 2 heterocycles. The summed E-state index contributed by atoms with van der Waals surface area (Å²) in [5, 5.41) is 0. The minimum Gasteiger partial charge on any atom is -0.493 e. The average Bonchev–Trinajstić information content (AvgIpc) is 2.88. The number of benzene rings is 1. The van der Waals surface area contributed by atoms with Crippen LogP contribution in [0.1, 0.15) is 11.1 Å². The molecular weight excluding hydrogens is 350 g/mol. The van der Waals surface area contributed by atoms with Crippen molar-refractivity contribution in [2.24, 2.45) is 5.73 Å². The lowest BCUT2D eigenvalue weighted by Gasteiger charge is -2.34. The second-order valence-electron chi connectivity index (χ2n) is 5.67. The third kappa shape index (κ3) is 3.74. The van der Waals surface area contributed by atoms with Crippen LogP contribution in [0.2, 0.25) is 0 Å². The standard InChI is InChI=1S/C15H20BrN3OS/c16-13-7-11-1-6-20-15(11)12(8-13)9-18-2-4-19(5-3-18)10-14(17)21/h7-8H,1-6,9-10H2,(H2,17,21). The van der Waals surface area contributed by atoms with Crippen molar-refractivity contribution in [3.63, 3.8) is 0 Å². The highest BCUT2D eigenvalue weighted by Crippen LogP contribution is 2.33. The Morgan fingerprint density at radius 3 is 2.67 bits per heavy atom. The van der Waals surface area contributed by atoms with Crippen LogP contribution in [0.3, 0.4) is 0 Å². The van der Waals surface area contributed by atoms with Gasteiger partial charge in [-0.25, -0.2) is 0 Å².